The number of aromatic nitrogens is 1. The van der Waals surface area contributed by atoms with Crippen LogP contribution in [0, 0.1) is 25.7 Å². The van der Waals surface area contributed by atoms with Crippen LogP contribution in [0.4, 0.5) is 5.69 Å². The number of carbonyl (C=O) groups is 3. The minimum atomic E-state index is -1.29. The molecule has 8 heteroatoms. The van der Waals surface area contributed by atoms with Gasteiger partial charge >= 0.3 is 0 Å². The van der Waals surface area contributed by atoms with E-state index >= 15 is 0 Å². The SMILES string of the molecule is COCCN1C(=O)C2C(Cc3c[nH]c4ccccc34)NC3(C(=O)Nc4c(C)cc(C)cc43)C2C1=O. The van der Waals surface area contributed by atoms with E-state index in [0.717, 1.165) is 38.8 Å². The Hall–Kier alpha value is -3.49. The van der Waals surface area contributed by atoms with Gasteiger partial charge in [-0.3, -0.25) is 24.6 Å². The molecule has 4 unspecified atom stereocenters. The van der Waals surface area contributed by atoms with Crippen molar-refractivity contribution in [3.63, 3.8) is 0 Å². The predicted octanol–water partition coefficient (Wildman–Crippen LogP) is 2.39. The molecule has 3 aromatic rings. The standard InChI is InChI=1S/C27H28N4O4/c1-14-10-15(2)23-18(11-14)27(26(34)29-23)22-21(24(32)31(25(22)33)8-9-35-3)20(30-27)12-16-13-28-19-7-5-4-6-17(16)19/h4-7,10-11,13,20-22,28,30H,8-9,12H2,1-3H3,(H,29,34). The molecular weight excluding hydrogens is 444 g/mol. The summed E-state index contributed by atoms with van der Waals surface area (Å²) in [6.45, 7) is 4.36. The molecule has 8 nitrogen and oxygen atoms in total. The van der Waals surface area contributed by atoms with Gasteiger partial charge in [0.15, 0.2) is 0 Å². The number of amides is 3. The number of fused-ring (bicyclic) bond motifs is 5. The number of aromatic amines is 1. The Morgan fingerprint density at radius 1 is 1.09 bits per heavy atom. The highest BCUT2D eigenvalue weighted by atomic mass is 16.5. The molecule has 1 spiro atoms. The van der Waals surface area contributed by atoms with Crippen molar-refractivity contribution in [3.8, 4) is 0 Å². The van der Waals surface area contributed by atoms with E-state index in [9.17, 15) is 14.4 Å². The number of imide groups is 1. The molecule has 35 heavy (non-hydrogen) atoms. The number of aryl methyl sites for hydroxylation is 2. The number of methoxy groups -OCH3 is 1. The monoisotopic (exact) mass is 472 g/mol. The third kappa shape index (κ3) is 2.96. The van der Waals surface area contributed by atoms with Crippen LogP contribution < -0.4 is 10.6 Å². The van der Waals surface area contributed by atoms with E-state index in [1.165, 1.54) is 4.90 Å². The number of hydrogen-bond acceptors (Lipinski definition) is 5. The highest BCUT2D eigenvalue weighted by Crippen LogP contribution is 2.54. The first kappa shape index (κ1) is 22.0. The van der Waals surface area contributed by atoms with Gasteiger partial charge in [0.2, 0.25) is 17.7 Å². The molecule has 180 valence electrons. The molecule has 0 bridgehead atoms. The zero-order valence-corrected chi connectivity index (χ0v) is 20.0. The van der Waals surface area contributed by atoms with Crippen molar-refractivity contribution in [2.75, 3.05) is 25.6 Å². The number of hydrogen-bond donors (Lipinski definition) is 3. The van der Waals surface area contributed by atoms with Crippen molar-refractivity contribution in [3.05, 3.63) is 64.8 Å². The lowest BCUT2D eigenvalue weighted by Gasteiger charge is -2.29. The highest BCUT2D eigenvalue weighted by Gasteiger charge is 2.70. The first-order valence-corrected chi connectivity index (χ1v) is 12.0. The molecule has 0 saturated carbocycles. The predicted molar refractivity (Wildman–Crippen MR) is 131 cm³/mol. The molecule has 2 saturated heterocycles. The fourth-order valence-corrected chi connectivity index (χ4v) is 6.43. The van der Waals surface area contributed by atoms with Crippen molar-refractivity contribution in [1.82, 2.24) is 15.2 Å². The van der Waals surface area contributed by atoms with E-state index in [1.807, 2.05) is 56.4 Å². The molecule has 2 fully saturated rings. The van der Waals surface area contributed by atoms with E-state index < -0.39 is 17.4 Å². The quantitative estimate of drug-likeness (QED) is 0.495. The Kier molecular flexibility index (Phi) is 4.88. The van der Waals surface area contributed by atoms with Crippen molar-refractivity contribution in [2.24, 2.45) is 11.8 Å². The normalized spacial score (nSPS) is 27.2. The Labute approximate surface area is 203 Å². The van der Waals surface area contributed by atoms with Gasteiger partial charge in [-0.25, -0.2) is 0 Å². The van der Waals surface area contributed by atoms with Crippen LogP contribution in [-0.4, -0.2) is 53.9 Å². The van der Waals surface area contributed by atoms with Crippen LogP contribution in [-0.2, 0) is 31.1 Å². The fourth-order valence-electron chi connectivity index (χ4n) is 6.43. The van der Waals surface area contributed by atoms with Crippen LogP contribution in [0.15, 0.2) is 42.6 Å². The minimum Gasteiger partial charge on any atom is -0.383 e. The summed E-state index contributed by atoms with van der Waals surface area (Å²) in [6.07, 6.45) is 2.46. The Balaban J connectivity index is 1.49. The summed E-state index contributed by atoms with van der Waals surface area (Å²) in [6, 6.07) is 11.6. The fraction of sp³-hybridized carbons (Fsp3) is 0.370. The van der Waals surface area contributed by atoms with Gasteiger partial charge in [0, 0.05) is 41.5 Å². The number of nitrogens with one attached hydrogen (secondary N) is 3. The first-order valence-electron chi connectivity index (χ1n) is 12.0. The summed E-state index contributed by atoms with van der Waals surface area (Å²) in [5, 5.41) is 7.64. The number of nitrogens with zero attached hydrogens (tertiary/aromatic N) is 1. The second kappa shape index (κ2) is 7.76. The summed E-state index contributed by atoms with van der Waals surface area (Å²) in [4.78, 5) is 45.7. The average Bonchev–Trinajstić information content (AvgIpc) is 3.53. The summed E-state index contributed by atoms with van der Waals surface area (Å²) in [5.74, 6) is -2.28. The summed E-state index contributed by atoms with van der Waals surface area (Å²) >= 11 is 0. The maximum atomic E-state index is 13.8. The average molecular weight is 473 g/mol. The van der Waals surface area contributed by atoms with Crippen LogP contribution in [0.2, 0.25) is 0 Å². The van der Waals surface area contributed by atoms with E-state index in [-0.39, 0.29) is 36.9 Å². The lowest BCUT2D eigenvalue weighted by Crippen LogP contribution is -2.53. The lowest BCUT2D eigenvalue weighted by atomic mass is 9.75. The second-order valence-electron chi connectivity index (χ2n) is 9.91. The molecule has 1 aromatic heterocycles. The van der Waals surface area contributed by atoms with Gasteiger partial charge in [-0.05, 0) is 37.5 Å². The van der Waals surface area contributed by atoms with E-state index in [2.05, 4.69) is 15.6 Å². The van der Waals surface area contributed by atoms with Crippen LogP contribution in [0.3, 0.4) is 0 Å². The number of likely N-dealkylation sites (tertiary alicyclic amines) is 1. The van der Waals surface area contributed by atoms with E-state index in [0.29, 0.717) is 6.42 Å². The number of rotatable bonds is 5. The van der Waals surface area contributed by atoms with Crippen LogP contribution in [0.1, 0.15) is 22.3 Å². The topological polar surface area (TPSA) is 104 Å². The van der Waals surface area contributed by atoms with Gasteiger partial charge in [-0.15, -0.1) is 0 Å². The van der Waals surface area contributed by atoms with Crippen molar-refractivity contribution in [1.29, 1.82) is 0 Å². The van der Waals surface area contributed by atoms with Crippen molar-refractivity contribution in [2.45, 2.75) is 31.8 Å². The number of benzene rings is 2. The van der Waals surface area contributed by atoms with Gasteiger partial charge in [-0.2, -0.15) is 0 Å². The molecule has 3 N–H and O–H groups in total. The lowest BCUT2D eigenvalue weighted by molar-refractivity contribution is -0.143. The number of ether oxygens (including phenoxy) is 1. The minimum absolute atomic E-state index is 0.179. The van der Waals surface area contributed by atoms with Crippen LogP contribution in [0.5, 0.6) is 0 Å². The van der Waals surface area contributed by atoms with Crippen LogP contribution in [0.25, 0.3) is 10.9 Å². The second-order valence-corrected chi connectivity index (χ2v) is 9.91. The molecule has 4 atom stereocenters. The summed E-state index contributed by atoms with van der Waals surface area (Å²) in [5.41, 5.74) is 4.20. The molecule has 3 amide bonds. The van der Waals surface area contributed by atoms with Crippen LogP contribution >= 0.6 is 0 Å². The van der Waals surface area contributed by atoms with Gasteiger partial charge in [0.1, 0.15) is 5.54 Å². The molecule has 3 aliphatic heterocycles. The highest BCUT2D eigenvalue weighted by molar-refractivity contribution is 6.15. The molecule has 0 aliphatic carbocycles. The van der Waals surface area contributed by atoms with Gasteiger partial charge < -0.3 is 15.0 Å². The summed E-state index contributed by atoms with van der Waals surface area (Å²) < 4.78 is 5.16. The molecule has 3 aliphatic rings. The third-order valence-electron chi connectivity index (χ3n) is 7.89. The number of carbonyl (C=O) groups excluding carboxylic acids is 3. The van der Waals surface area contributed by atoms with Crippen molar-refractivity contribution < 1.29 is 19.1 Å². The number of anilines is 1. The zero-order valence-electron chi connectivity index (χ0n) is 20.0. The Morgan fingerprint density at radius 3 is 2.69 bits per heavy atom. The maximum Gasteiger partial charge on any atom is 0.250 e. The van der Waals surface area contributed by atoms with Gasteiger partial charge in [-0.1, -0.05) is 35.9 Å². The molecule has 4 heterocycles. The molecule has 2 aromatic carbocycles. The maximum absolute atomic E-state index is 13.8. The Bertz CT molecular complexity index is 1400. The number of para-hydroxylation sites is 1. The third-order valence-corrected chi connectivity index (χ3v) is 7.89. The number of H-pyrrole nitrogens is 1. The van der Waals surface area contributed by atoms with E-state index in [4.69, 9.17) is 4.74 Å². The zero-order chi connectivity index (χ0) is 24.5. The van der Waals surface area contributed by atoms with Crippen molar-refractivity contribution >= 4 is 34.3 Å². The molecular formula is C27H28N4O4. The molecule has 6 rings (SSSR count). The molecule has 0 radical (unpaired) electrons. The summed E-state index contributed by atoms with van der Waals surface area (Å²) in [7, 11) is 1.54. The van der Waals surface area contributed by atoms with Gasteiger partial charge in [0.25, 0.3) is 0 Å². The first-order chi connectivity index (χ1) is 16.9. The van der Waals surface area contributed by atoms with E-state index in [1.54, 1.807) is 7.11 Å². The smallest absolute Gasteiger partial charge is 0.250 e. The largest absolute Gasteiger partial charge is 0.383 e. The van der Waals surface area contributed by atoms with Gasteiger partial charge in [0.05, 0.1) is 25.0 Å². The Morgan fingerprint density at radius 2 is 1.89 bits per heavy atom.